The monoisotopic (exact) mass is 549 g/mol. The number of esters is 1. The van der Waals surface area contributed by atoms with Crippen LogP contribution in [-0.2, 0) is 9.53 Å². The second-order valence-electron chi connectivity index (χ2n) is 9.81. The van der Waals surface area contributed by atoms with E-state index < -0.39 is 10.6 Å². The van der Waals surface area contributed by atoms with Crippen LogP contribution in [0, 0.1) is 5.41 Å². The molecule has 0 saturated carbocycles. The molecule has 1 aliphatic rings. The van der Waals surface area contributed by atoms with E-state index >= 15 is 0 Å². The first-order chi connectivity index (χ1) is 17.8. The van der Waals surface area contributed by atoms with E-state index in [1.807, 2.05) is 30.5 Å². The van der Waals surface area contributed by atoms with Gasteiger partial charge in [0.2, 0.25) is 0 Å². The highest BCUT2D eigenvalue weighted by Crippen LogP contribution is 2.62. The van der Waals surface area contributed by atoms with Crippen molar-refractivity contribution in [3.63, 3.8) is 0 Å². The molecule has 0 amide bonds. The van der Waals surface area contributed by atoms with E-state index in [4.69, 9.17) is 9.47 Å². The number of thioether (sulfide) groups is 1. The van der Waals surface area contributed by atoms with E-state index in [0.29, 0.717) is 23.0 Å². The number of carbonyl (C=O) groups excluding carboxylic acids is 1. The molecule has 2 aromatic carbocycles. The minimum absolute atomic E-state index is 0.141. The Hall–Kier alpha value is -1.87. The minimum atomic E-state index is -3.11. The van der Waals surface area contributed by atoms with Crippen molar-refractivity contribution in [2.24, 2.45) is 5.41 Å². The van der Waals surface area contributed by atoms with Crippen LogP contribution in [0.2, 0.25) is 0 Å². The molecule has 8 heteroatoms. The van der Waals surface area contributed by atoms with Gasteiger partial charge in [-0.1, -0.05) is 57.7 Å². The summed E-state index contributed by atoms with van der Waals surface area (Å²) < 4.78 is 34.5. The first-order valence-electron chi connectivity index (χ1n) is 13.4. The lowest BCUT2D eigenvalue weighted by Crippen LogP contribution is -2.37. The summed E-state index contributed by atoms with van der Waals surface area (Å²) in [6.07, 6.45) is 8.27. The molecule has 0 saturated heterocycles. The highest BCUT2D eigenvalue weighted by atomic mass is 32.3. The fourth-order valence-electron chi connectivity index (χ4n) is 5.09. The maximum atomic E-state index is 11.8. The van der Waals surface area contributed by atoms with Gasteiger partial charge in [-0.15, -0.1) is 11.8 Å². The number of fused-ring (bicyclic) bond motifs is 1. The SMILES string of the molecule is CCCCC1(CCCC)CN(c2ccccc2)c2cc(SC)c(OCCC(=O)OCC)cc2S(O)(O)C1. The van der Waals surface area contributed by atoms with Crippen LogP contribution in [-0.4, -0.2) is 46.8 Å². The Morgan fingerprint density at radius 3 is 2.35 bits per heavy atom. The van der Waals surface area contributed by atoms with Crippen molar-refractivity contribution in [2.75, 3.05) is 36.7 Å². The van der Waals surface area contributed by atoms with Crippen LogP contribution >= 0.6 is 22.4 Å². The number of nitrogens with zero attached hydrogens (tertiary/aromatic N) is 1. The van der Waals surface area contributed by atoms with Gasteiger partial charge in [0.15, 0.2) is 0 Å². The van der Waals surface area contributed by atoms with Crippen molar-refractivity contribution in [3.8, 4) is 5.75 Å². The molecule has 0 aliphatic carbocycles. The first kappa shape index (κ1) is 29.7. The molecule has 1 aliphatic heterocycles. The average Bonchev–Trinajstić information content (AvgIpc) is 2.98. The Balaban J connectivity index is 2.10. The number of ether oxygens (including phenoxy) is 2. The number of carbonyl (C=O) groups is 1. The molecule has 0 fully saturated rings. The molecule has 0 atom stereocenters. The Morgan fingerprint density at radius 1 is 1.08 bits per heavy atom. The number of rotatable bonds is 13. The molecule has 2 aromatic rings. The molecular formula is C29H43NO5S2. The van der Waals surface area contributed by atoms with Crippen molar-refractivity contribution in [3.05, 3.63) is 42.5 Å². The quantitative estimate of drug-likeness (QED) is 0.192. The van der Waals surface area contributed by atoms with Crippen LogP contribution < -0.4 is 9.64 Å². The average molecular weight is 550 g/mol. The van der Waals surface area contributed by atoms with Gasteiger partial charge in [-0.3, -0.25) is 13.9 Å². The smallest absolute Gasteiger partial charge is 0.309 e. The summed E-state index contributed by atoms with van der Waals surface area (Å²) in [4.78, 5) is 15.5. The van der Waals surface area contributed by atoms with Gasteiger partial charge in [0.25, 0.3) is 0 Å². The summed E-state index contributed by atoms with van der Waals surface area (Å²) in [6, 6.07) is 14.1. The molecule has 1 heterocycles. The molecule has 2 N–H and O–H groups in total. The summed E-state index contributed by atoms with van der Waals surface area (Å²) in [5, 5.41) is 0. The third kappa shape index (κ3) is 7.59. The van der Waals surface area contributed by atoms with Gasteiger partial charge < -0.3 is 14.4 Å². The van der Waals surface area contributed by atoms with Gasteiger partial charge in [0, 0.05) is 29.5 Å². The largest absolute Gasteiger partial charge is 0.492 e. The Bertz CT molecular complexity index is 1010. The third-order valence-electron chi connectivity index (χ3n) is 6.95. The summed E-state index contributed by atoms with van der Waals surface area (Å²) in [5.74, 6) is 0.606. The molecule has 0 radical (unpaired) electrons. The second kappa shape index (κ2) is 13.8. The minimum Gasteiger partial charge on any atom is -0.492 e. The van der Waals surface area contributed by atoms with Crippen LogP contribution in [0.25, 0.3) is 0 Å². The van der Waals surface area contributed by atoms with E-state index in [1.54, 1.807) is 24.8 Å². The zero-order chi connectivity index (χ0) is 26.9. The standard InChI is InChI=1S/C29H43NO5S2/c1-5-8-16-29(17-9-6-2)21-30(23-13-11-10-12-14-23)24-19-26(36-4)25(20-27(24)37(32,33)22-29)35-18-15-28(31)34-7-3/h10-14,19-20,32-33H,5-9,15-18,21-22H2,1-4H3. The molecule has 0 aromatic heterocycles. The summed E-state index contributed by atoms with van der Waals surface area (Å²) in [6.45, 7) is 7.40. The van der Waals surface area contributed by atoms with Crippen molar-refractivity contribution in [1.82, 2.24) is 0 Å². The lowest BCUT2D eigenvalue weighted by atomic mass is 9.79. The molecule has 37 heavy (non-hydrogen) atoms. The normalized spacial score (nSPS) is 17.0. The third-order valence-corrected chi connectivity index (χ3v) is 9.75. The fourth-order valence-corrected chi connectivity index (χ4v) is 7.83. The second-order valence-corrected chi connectivity index (χ2v) is 12.7. The number of hydrogen-bond acceptors (Lipinski definition) is 7. The van der Waals surface area contributed by atoms with Gasteiger partial charge >= 0.3 is 5.97 Å². The molecule has 3 rings (SSSR count). The summed E-state index contributed by atoms with van der Waals surface area (Å²) >= 11 is 1.55. The van der Waals surface area contributed by atoms with E-state index in [1.165, 1.54) is 0 Å². The van der Waals surface area contributed by atoms with Gasteiger partial charge in [0.1, 0.15) is 5.75 Å². The van der Waals surface area contributed by atoms with Crippen molar-refractivity contribution >= 4 is 39.7 Å². The molecular weight excluding hydrogens is 506 g/mol. The molecule has 206 valence electrons. The molecule has 0 spiro atoms. The van der Waals surface area contributed by atoms with E-state index in [-0.39, 0.29) is 24.4 Å². The van der Waals surface area contributed by atoms with E-state index in [9.17, 15) is 13.9 Å². The Labute approximate surface area is 228 Å². The highest BCUT2D eigenvalue weighted by molar-refractivity contribution is 8.24. The number of anilines is 2. The Morgan fingerprint density at radius 2 is 1.76 bits per heavy atom. The van der Waals surface area contributed by atoms with Crippen LogP contribution in [0.4, 0.5) is 11.4 Å². The summed E-state index contributed by atoms with van der Waals surface area (Å²) in [5.41, 5.74) is 1.65. The zero-order valence-electron chi connectivity index (χ0n) is 22.7. The first-order valence-corrected chi connectivity index (χ1v) is 16.3. The maximum Gasteiger partial charge on any atom is 0.309 e. The zero-order valence-corrected chi connectivity index (χ0v) is 24.3. The van der Waals surface area contributed by atoms with Gasteiger partial charge in [-0.25, -0.2) is 0 Å². The van der Waals surface area contributed by atoms with Crippen LogP contribution in [0.15, 0.2) is 52.3 Å². The lowest BCUT2D eigenvalue weighted by Gasteiger charge is -2.42. The van der Waals surface area contributed by atoms with Crippen molar-refractivity contribution < 1.29 is 23.4 Å². The van der Waals surface area contributed by atoms with E-state index in [2.05, 4.69) is 30.9 Å². The topological polar surface area (TPSA) is 79.2 Å². The number of hydrogen-bond donors (Lipinski definition) is 2. The molecule has 6 nitrogen and oxygen atoms in total. The Kier molecular flexibility index (Phi) is 11.1. The van der Waals surface area contributed by atoms with E-state index in [0.717, 1.165) is 61.3 Å². The molecule has 0 unspecified atom stereocenters. The van der Waals surface area contributed by atoms with Crippen molar-refractivity contribution in [1.29, 1.82) is 0 Å². The number of para-hydroxylation sites is 1. The fraction of sp³-hybridized carbons (Fsp3) is 0.552. The molecule has 0 bridgehead atoms. The predicted molar refractivity (Wildman–Crippen MR) is 156 cm³/mol. The predicted octanol–water partition coefficient (Wildman–Crippen LogP) is 8.37. The van der Waals surface area contributed by atoms with Gasteiger partial charge in [0.05, 0.1) is 35.1 Å². The number of benzene rings is 2. The van der Waals surface area contributed by atoms with Crippen LogP contribution in [0.3, 0.4) is 0 Å². The van der Waals surface area contributed by atoms with Crippen LogP contribution in [0.1, 0.15) is 65.7 Å². The maximum absolute atomic E-state index is 11.8. The number of unbranched alkanes of at least 4 members (excludes halogenated alkanes) is 2. The van der Waals surface area contributed by atoms with Gasteiger partial charge in [-0.05, 0) is 44.2 Å². The highest BCUT2D eigenvalue weighted by Gasteiger charge is 2.42. The van der Waals surface area contributed by atoms with Crippen molar-refractivity contribution in [2.45, 2.75) is 75.5 Å². The van der Waals surface area contributed by atoms with Crippen LogP contribution in [0.5, 0.6) is 5.75 Å². The van der Waals surface area contributed by atoms with Gasteiger partial charge in [-0.2, -0.15) is 10.6 Å². The summed E-state index contributed by atoms with van der Waals surface area (Å²) in [7, 11) is -3.11. The lowest BCUT2D eigenvalue weighted by molar-refractivity contribution is -0.143.